The fraction of sp³-hybridized carbons (Fsp3) is 0.143. The molecule has 0 bridgehead atoms. The highest BCUT2D eigenvalue weighted by Crippen LogP contribution is 2.22. The minimum absolute atomic E-state index is 0.155. The van der Waals surface area contributed by atoms with Crippen molar-refractivity contribution in [1.82, 2.24) is 0 Å². The molecule has 0 aromatic heterocycles. The van der Waals surface area contributed by atoms with Crippen molar-refractivity contribution in [1.29, 1.82) is 0 Å². The number of para-hydroxylation sites is 1. The van der Waals surface area contributed by atoms with Crippen LogP contribution in [0.4, 0.5) is 10.5 Å². The Morgan fingerprint density at radius 2 is 2.08 bits per heavy atom. The van der Waals surface area contributed by atoms with Crippen molar-refractivity contribution in [3.05, 3.63) is 78.4 Å². The number of anilines is 1. The van der Waals surface area contributed by atoms with Crippen LogP contribution in [-0.2, 0) is 4.74 Å². The summed E-state index contributed by atoms with van der Waals surface area (Å²) in [7, 11) is 0. The SMILES string of the molecule is C=CCOc1ccccc1C=CC(=O)c1cccc(N2CCOC2=O)c1. The zero-order valence-electron chi connectivity index (χ0n) is 14.3. The number of ketones is 1. The maximum absolute atomic E-state index is 12.5. The molecule has 2 aromatic rings. The maximum Gasteiger partial charge on any atom is 0.414 e. The predicted molar refractivity (Wildman–Crippen MR) is 101 cm³/mol. The third kappa shape index (κ3) is 4.00. The Hall–Kier alpha value is -3.34. The molecule has 1 aliphatic rings. The van der Waals surface area contributed by atoms with Crippen molar-refractivity contribution in [3.8, 4) is 5.75 Å². The maximum atomic E-state index is 12.5. The van der Waals surface area contributed by atoms with E-state index in [9.17, 15) is 9.59 Å². The summed E-state index contributed by atoms with van der Waals surface area (Å²) in [5.74, 6) is 0.531. The molecular weight excluding hydrogens is 330 g/mol. The molecule has 5 nitrogen and oxygen atoms in total. The van der Waals surface area contributed by atoms with Crippen LogP contribution >= 0.6 is 0 Å². The molecule has 0 saturated carbocycles. The average molecular weight is 349 g/mol. The van der Waals surface area contributed by atoms with E-state index in [-0.39, 0.29) is 5.78 Å². The number of carbonyl (C=O) groups is 2. The van der Waals surface area contributed by atoms with Gasteiger partial charge in [-0.05, 0) is 30.4 Å². The molecular formula is C21H19NO4. The zero-order chi connectivity index (χ0) is 18.4. The van der Waals surface area contributed by atoms with Crippen LogP contribution in [0, 0.1) is 0 Å². The quantitative estimate of drug-likeness (QED) is 0.429. The summed E-state index contributed by atoms with van der Waals surface area (Å²) < 4.78 is 10.5. The molecule has 0 spiro atoms. The smallest absolute Gasteiger partial charge is 0.414 e. The van der Waals surface area contributed by atoms with Gasteiger partial charge < -0.3 is 9.47 Å². The molecule has 1 amide bonds. The highest BCUT2D eigenvalue weighted by Gasteiger charge is 2.23. The standard InChI is InChI=1S/C21H19NO4/c1-2-13-25-20-9-4-3-6-16(20)10-11-19(23)17-7-5-8-18(15-17)22-12-14-26-21(22)24/h2-11,15H,1,12-14H2. The first kappa shape index (κ1) is 17.5. The van der Waals surface area contributed by atoms with E-state index < -0.39 is 6.09 Å². The number of nitrogens with zero attached hydrogens (tertiary/aromatic N) is 1. The van der Waals surface area contributed by atoms with Gasteiger partial charge in [0.15, 0.2) is 5.78 Å². The Bertz CT molecular complexity index is 857. The summed E-state index contributed by atoms with van der Waals surface area (Å²) in [6.07, 6.45) is 4.49. The second kappa shape index (κ2) is 8.16. The third-order valence-corrected chi connectivity index (χ3v) is 3.89. The number of benzene rings is 2. The molecule has 0 N–H and O–H groups in total. The summed E-state index contributed by atoms with van der Waals surface area (Å²) in [5.41, 5.74) is 1.96. The molecule has 132 valence electrons. The highest BCUT2D eigenvalue weighted by atomic mass is 16.6. The molecule has 5 heteroatoms. The van der Waals surface area contributed by atoms with Gasteiger partial charge in [-0.15, -0.1) is 0 Å². The van der Waals surface area contributed by atoms with Crippen molar-refractivity contribution in [2.24, 2.45) is 0 Å². The third-order valence-electron chi connectivity index (χ3n) is 3.89. The van der Waals surface area contributed by atoms with E-state index in [1.807, 2.05) is 24.3 Å². The first-order chi connectivity index (χ1) is 12.7. The molecule has 1 heterocycles. The number of ether oxygens (including phenoxy) is 2. The van der Waals surface area contributed by atoms with Crippen molar-refractivity contribution in [3.63, 3.8) is 0 Å². The Labute approximate surface area is 152 Å². The molecule has 0 radical (unpaired) electrons. The van der Waals surface area contributed by atoms with E-state index in [0.29, 0.717) is 36.8 Å². The number of allylic oxidation sites excluding steroid dienone is 1. The fourth-order valence-electron chi connectivity index (χ4n) is 2.62. The van der Waals surface area contributed by atoms with Gasteiger partial charge in [-0.1, -0.05) is 43.0 Å². The molecule has 0 atom stereocenters. The molecule has 1 aliphatic heterocycles. The Kier molecular flexibility index (Phi) is 5.49. The Morgan fingerprint density at radius 1 is 1.23 bits per heavy atom. The van der Waals surface area contributed by atoms with Gasteiger partial charge >= 0.3 is 6.09 Å². The van der Waals surface area contributed by atoms with Crippen molar-refractivity contribution < 1.29 is 19.1 Å². The van der Waals surface area contributed by atoms with Gasteiger partial charge in [0.1, 0.15) is 19.0 Å². The summed E-state index contributed by atoms with van der Waals surface area (Å²) in [6.45, 7) is 4.87. The van der Waals surface area contributed by atoms with Crippen LogP contribution in [0.25, 0.3) is 6.08 Å². The molecule has 2 aromatic carbocycles. The molecule has 0 unspecified atom stereocenters. The number of cyclic esters (lactones) is 1. The fourth-order valence-corrected chi connectivity index (χ4v) is 2.62. The van der Waals surface area contributed by atoms with Gasteiger partial charge in [-0.2, -0.15) is 0 Å². The lowest BCUT2D eigenvalue weighted by Crippen LogP contribution is -2.23. The lowest BCUT2D eigenvalue weighted by molar-refractivity contribution is 0.104. The van der Waals surface area contributed by atoms with E-state index in [4.69, 9.17) is 9.47 Å². The summed E-state index contributed by atoms with van der Waals surface area (Å²) in [4.78, 5) is 25.7. The molecule has 26 heavy (non-hydrogen) atoms. The Morgan fingerprint density at radius 3 is 2.85 bits per heavy atom. The number of rotatable bonds is 7. The van der Waals surface area contributed by atoms with Crippen LogP contribution < -0.4 is 9.64 Å². The van der Waals surface area contributed by atoms with Crippen LogP contribution in [0.2, 0.25) is 0 Å². The van der Waals surface area contributed by atoms with E-state index in [1.54, 1.807) is 36.4 Å². The molecule has 3 rings (SSSR count). The minimum atomic E-state index is -0.390. The van der Waals surface area contributed by atoms with Crippen molar-refractivity contribution in [2.45, 2.75) is 0 Å². The average Bonchev–Trinajstić information content (AvgIpc) is 3.11. The lowest BCUT2D eigenvalue weighted by Gasteiger charge is -2.13. The van der Waals surface area contributed by atoms with E-state index in [0.717, 1.165) is 5.56 Å². The van der Waals surface area contributed by atoms with Gasteiger partial charge in [-0.25, -0.2) is 4.79 Å². The van der Waals surface area contributed by atoms with Crippen LogP contribution in [-0.4, -0.2) is 31.6 Å². The van der Waals surface area contributed by atoms with E-state index >= 15 is 0 Å². The topological polar surface area (TPSA) is 55.8 Å². The Balaban J connectivity index is 1.77. The number of hydrogen-bond donors (Lipinski definition) is 0. The van der Waals surface area contributed by atoms with Gasteiger partial charge in [0.25, 0.3) is 0 Å². The summed E-state index contributed by atoms with van der Waals surface area (Å²) in [5, 5.41) is 0. The summed E-state index contributed by atoms with van der Waals surface area (Å²) >= 11 is 0. The van der Waals surface area contributed by atoms with Crippen LogP contribution in [0.15, 0.2) is 67.3 Å². The second-order valence-corrected chi connectivity index (χ2v) is 5.65. The van der Waals surface area contributed by atoms with Crippen molar-refractivity contribution >= 4 is 23.6 Å². The first-order valence-electron chi connectivity index (χ1n) is 8.28. The number of hydrogen-bond acceptors (Lipinski definition) is 4. The van der Waals surface area contributed by atoms with E-state index in [2.05, 4.69) is 6.58 Å². The predicted octanol–water partition coefficient (Wildman–Crippen LogP) is 4.10. The van der Waals surface area contributed by atoms with Crippen LogP contribution in [0.5, 0.6) is 5.75 Å². The normalized spacial score (nSPS) is 13.7. The van der Waals surface area contributed by atoms with Gasteiger partial charge in [0.05, 0.1) is 6.54 Å². The minimum Gasteiger partial charge on any atom is -0.489 e. The number of carbonyl (C=O) groups excluding carboxylic acids is 2. The summed E-state index contributed by atoms with van der Waals surface area (Å²) in [6, 6.07) is 14.4. The molecule has 1 saturated heterocycles. The van der Waals surface area contributed by atoms with Gasteiger partial charge in [-0.3, -0.25) is 9.69 Å². The van der Waals surface area contributed by atoms with Crippen molar-refractivity contribution in [2.75, 3.05) is 24.7 Å². The van der Waals surface area contributed by atoms with Crippen LogP contribution in [0.3, 0.4) is 0 Å². The second-order valence-electron chi connectivity index (χ2n) is 5.65. The van der Waals surface area contributed by atoms with Gasteiger partial charge in [0, 0.05) is 16.8 Å². The van der Waals surface area contributed by atoms with Crippen LogP contribution in [0.1, 0.15) is 15.9 Å². The molecule has 1 fully saturated rings. The zero-order valence-corrected chi connectivity index (χ0v) is 14.3. The first-order valence-corrected chi connectivity index (χ1v) is 8.28. The van der Waals surface area contributed by atoms with E-state index in [1.165, 1.54) is 11.0 Å². The van der Waals surface area contributed by atoms with Gasteiger partial charge in [0.2, 0.25) is 0 Å². The lowest BCUT2D eigenvalue weighted by atomic mass is 10.1. The number of amides is 1. The largest absolute Gasteiger partial charge is 0.489 e. The monoisotopic (exact) mass is 349 g/mol. The highest BCUT2D eigenvalue weighted by molar-refractivity contribution is 6.07. The molecule has 0 aliphatic carbocycles.